The highest BCUT2D eigenvalue weighted by Gasteiger charge is 2.05. The van der Waals surface area contributed by atoms with Crippen LogP contribution in [0.5, 0.6) is 5.75 Å². The van der Waals surface area contributed by atoms with Crippen molar-refractivity contribution < 1.29 is 9.53 Å². The number of carbonyl (C=O) groups excluding carboxylic acids is 1. The maximum Gasteiger partial charge on any atom is 0.241 e. The summed E-state index contributed by atoms with van der Waals surface area (Å²) in [6.45, 7) is 0. The van der Waals surface area contributed by atoms with Gasteiger partial charge in [0.2, 0.25) is 6.08 Å². The van der Waals surface area contributed by atoms with E-state index in [1.807, 2.05) is 24.3 Å². The number of isocyanates is 1. The molecule has 0 aliphatic carbocycles. The Balaban J connectivity index is 2.69. The lowest BCUT2D eigenvalue weighted by Gasteiger charge is -1.98. The van der Waals surface area contributed by atoms with Gasteiger partial charge in [-0.15, -0.1) is 11.3 Å². The highest BCUT2D eigenvalue weighted by molar-refractivity contribution is 7.22. The Labute approximate surface area is 84.7 Å². The van der Waals surface area contributed by atoms with Gasteiger partial charge < -0.3 is 4.74 Å². The standard InChI is InChI=1S/C10H7NO2S/c1-13-8-4-2-3-7-5-9(11-6-12)14-10(7)8/h2-5H,1H3. The Morgan fingerprint density at radius 3 is 3.07 bits per heavy atom. The maximum absolute atomic E-state index is 10.1. The first-order chi connectivity index (χ1) is 6.85. The van der Waals surface area contributed by atoms with Gasteiger partial charge in [-0.2, -0.15) is 4.99 Å². The van der Waals surface area contributed by atoms with Gasteiger partial charge in [0.05, 0.1) is 11.8 Å². The van der Waals surface area contributed by atoms with Crippen LogP contribution in [0, 0.1) is 0 Å². The molecular weight excluding hydrogens is 198 g/mol. The Bertz CT molecular complexity index is 512. The lowest BCUT2D eigenvalue weighted by Crippen LogP contribution is -1.80. The van der Waals surface area contributed by atoms with Crippen molar-refractivity contribution in [3.05, 3.63) is 24.3 Å². The zero-order chi connectivity index (χ0) is 9.97. The summed E-state index contributed by atoms with van der Waals surface area (Å²) in [5.74, 6) is 0.805. The van der Waals surface area contributed by atoms with Crippen LogP contribution in [0.3, 0.4) is 0 Å². The van der Waals surface area contributed by atoms with Crippen LogP contribution in [0.1, 0.15) is 0 Å². The molecule has 1 aromatic carbocycles. The Hall–Kier alpha value is -1.64. The van der Waals surface area contributed by atoms with E-state index in [-0.39, 0.29) is 0 Å². The second-order valence-electron chi connectivity index (χ2n) is 2.67. The van der Waals surface area contributed by atoms with E-state index in [9.17, 15) is 4.79 Å². The van der Waals surface area contributed by atoms with Crippen molar-refractivity contribution in [2.75, 3.05) is 7.11 Å². The van der Waals surface area contributed by atoms with E-state index in [0.29, 0.717) is 5.00 Å². The highest BCUT2D eigenvalue weighted by Crippen LogP contribution is 2.37. The van der Waals surface area contributed by atoms with Gasteiger partial charge in [-0.1, -0.05) is 12.1 Å². The first kappa shape index (κ1) is 8.94. The molecule has 0 saturated carbocycles. The lowest BCUT2D eigenvalue weighted by molar-refractivity contribution is 0.420. The summed E-state index contributed by atoms with van der Waals surface area (Å²) in [6, 6.07) is 7.58. The zero-order valence-electron chi connectivity index (χ0n) is 7.48. The van der Waals surface area contributed by atoms with Crippen molar-refractivity contribution in [3.8, 4) is 5.75 Å². The number of thiophene rings is 1. The summed E-state index contributed by atoms with van der Waals surface area (Å²) in [5.41, 5.74) is 0. The average Bonchev–Trinajstić information content (AvgIpc) is 2.60. The van der Waals surface area contributed by atoms with Gasteiger partial charge in [0, 0.05) is 0 Å². The van der Waals surface area contributed by atoms with Crippen molar-refractivity contribution in [3.63, 3.8) is 0 Å². The minimum Gasteiger partial charge on any atom is -0.495 e. The van der Waals surface area contributed by atoms with Crippen LogP contribution < -0.4 is 4.74 Å². The predicted molar refractivity (Wildman–Crippen MR) is 56.2 cm³/mol. The summed E-state index contributed by atoms with van der Waals surface area (Å²) >= 11 is 1.42. The molecule has 0 radical (unpaired) electrons. The topological polar surface area (TPSA) is 38.7 Å². The molecule has 0 bridgehead atoms. The van der Waals surface area contributed by atoms with E-state index >= 15 is 0 Å². The van der Waals surface area contributed by atoms with Crippen LogP contribution in [-0.2, 0) is 4.79 Å². The Morgan fingerprint density at radius 1 is 1.50 bits per heavy atom. The number of benzene rings is 1. The summed E-state index contributed by atoms with van der Waals surface area (Å²) in [7, 11) is 1.62. The van der Waals surface area contributed by atoms with Crippen LogP contribution in [0.25, 0.3) is 10.1 Å². The molecule has 0 N–H and O–H groups in total. The molecule has 70 valence electrons. The van der Waals surface area contributed by atoms with Gasteiger partial charge in [-0.3, -0.25) is 0 Å². The SMILES string of the molecule is COc1cccc2cc(N=C=O)sc12. The fourth-order valence-electron chi connectivity index (χ4n) is 1.28. The molecule has 1 aromatic heterocycles. The molecule has 0 aliphatic heterocycles. The van der Waals surface area contributed by atoms with Crippen LogP contribution in [-0.4, -0.2) is 13.2 Å². The molecule has 14 heavy (non-hydrogen) atoms. The smallest absolute Gasteiger partial charge is 0.241 e. The quantitative estimate of drug-likeness (QED) is 0.558. The number of hydrogen-bond acceptors (Lipinski definition) is 4. The molecule has 1 heterocycles. The Kier molecular flexibility index (Phi) is 2.31. The minimum atomic E-state index is 0.652. The number of aliphatic imine (C=N–C) groups is 1. The monoisotopic (exact) mass is 205 g/mol. The van der Waals surface area contributed by atoms with Crippen molar-refractivity contribution in [2.24, 2.45) is 4.99 Å². The fraction of sp³-hybridized carbons (Fsp3) is 0.100. The third kappa shape index (κ3) is 1.41. The van der Waals surface area contributed by atoms with Crippen molar-refractivity contribution in [1.82, 2.24) is 0 Å². The summed E-state index contributed by atoms with van der Waals surface area (Å²) < 4.78 is 6.19. The van der Waals surface area contributed by atoms with Gasteiger partial charge in [-0.25, -0.2) is 4.79 Å². The van der Waals surface area contributed by atoms with E-state index in [1.54, 1.807) is 7.11 Å². The van der Waals surface area contributed by atoms with E-state index in [1.165, 1.54) is 17.4 Å². The zero-order valence-corrected chi connectivity index (χ0v) is 8.30. The number of nitrogens with zero attached hydrogens (tertiary/aromatic N) is 1. The first-order valence-corrected chi connectivity index (χ1v) is 4.81. The van der Waals surface area contributed by atoms with Crippen LogP contribution in [0.4, 0.5) is 5.00 Å². The van der Waals surface area contributed by atoms with Crippen molar-refractivity contribution in [2.45, 2.75) is 0 Å². The molecule has 0 unspecified atom stereocenters. The number of rotatable bonds is 2. The normalized spacial score (nSPS) is 9.79. The van der Waals surface area contributed by atoms with E-state index in [4.69, 9.17) is 4.74 Å². The third-order valence-electron chi connectivity index (χ3n) is 1.87. The molecule has 3 nitrogen and oxygen atoms in total. The maximum atomic E-state index is 10.1. The van der Waals surface area contributed by atoms with E-state index in [0.717, 1.165) is 15.8 Å². The van der Waals surface area contributed by atoms with Crippen LogP contribution in [0.15, 0.2) is 29.3 Å². The summed E-state index contributed by atoms with van der Waals surface area (Å²) in [6.07, 6.45) is 1.53. The van der Waals surface area contributed by atoms with Gasteiger partial charge in [0.1, 0.15) is 10.8 Å². The highest BCUT2D eigenvalue weighted by atomic mass is 32.1. The summed E-state index contributed by atoms with van der Waals surface area (Å²) in [4.78, 5) is 13.7. The number of methoxy groups -OCH3 is 1. The molecule has 0 fully saturated rings. The van der Waals surface area contributed by atoms with Crippen LogP contribution >= 0.6 is 11.3 Å². The number of ether oxygens (including phenoxy) is 1. The molecular formula is C10H7NO2S. The second kappa shape index (κ2) is 3.62. The molecule has 4 heteroatoms. The van der Waals surface area contributed by atoms with Crippen LogP contribution in [0.2, 0.25) is 0 Å². The first-order valence-electron chi connectivity index (χ1n) is 3.99. The van der Waals surface area contributed by atoms with E-state index < -0.39 is 0 Å². The lowest BCUT2D eigenvalue weighted by atomic mass is 10.2. The average molecular weight is 205 g/mol. The molecule has 0 saturated heterocycles. The molecule has 0 amide bonds. The van der Waals surface area contributed by atoms with Crippen molar-refractivity contribution in [1.29, 1.82) is 0 Å². The van der Waals surface area contributed by atoms with Gasteiger partial charge in [0.15, 0.2) is 0 Å². The largest absolute Gasteiger partial charge is 0.495 e. The predicted octanol–water partition coefficient (Wildman–Crippen LogP) is 2.88. The van der Waals surface area contributed by atoms with Crippen molar-refractivity contribution >= 4 is 32.5 Å². The van der Waals surface area contributed by atoms with E-state index in [2.05, 4.69) is 4.99 Å². The van der Waals surface area contributed by atoms with Gasteiger partial charge in [0.25, 0.3) is 0 Å². The molecule has 2 aromatic rings. The number of fused-ring (bicyclic) bond motifs is 1. The molecule has 0 spiro atoms. The molecule has 0 aliphatic rings. The fourth-order valence-corrected chi connectivity index (χ4v) is 2.26. The molecule has 2 rings (SSSR count). The minimum absolute atomic E-state index is 0.652. The Morgan fingerprint density at radius 2 is 2.36 bits per heavy atom. The third-order valence-corrected chi connectivity index (χ3v) is 2.93. The number of hydrogen-bond donors (Lipinski definition) is 0. The second-order valence-corrected chi connectivity index (χ2v) is 3.70. The van der Waals surface area contributed by atoms with Gasteiger partial charge >= 0.3 is 0 Å². The summed E-state index contributed by atoms with van der Waals surface area (Å²) in [5, 5.41) is 1.68. The van der Waals surface area contributed by atoms with Gasteiger partial charge in [-0.05, 0) is 17.5 Å². The molecule has 0 atom stereocenters.